The highest BCUT2D eigenvalue weighted by Crippen LogP contribution is 2.28. The maximum Gasteiger partial charge on any atom is 0.191 e. The summed E-state index contributed by atoms with van der Waals surface area (Å²) in [6.07, 6.45) is 4.51. The first-order valence-electron chi connectivity index (χ1n) is 8.42. The highest BCUT2D eigenvalue weighted by Gasteiger charge is 2.33. The van der Waals surface area contributed by atoms with Crippen LogP contribution in [0.5, 0.6) is 5.75 Å². The Morgan fingerprint density at radius 3 is 2.64 bits per heavy atom. The van der Waals surface area contributed by atoms with Gasteiger partial charge in [-0.3, -0.25) is 4.99 Å². The van der Waals surface area contributed by atoms with E-state index in [0.717, 1.165) is 43.6 Å². The number of unbranched alkanes of at least 4 members (excludes halogenated alkanes) is 1. The average Bonchev–Trinajstić information content (AvgIpc) is 3.23. The standard InChI is InChI=1S/C18H29N3O/c1-4-5-12-22-16-8-6-15(7-9-16)10-11-20-18(19-3)21-17-13-14(17)2/h6-9,14,17H,4-5,10-13H2,1-3H3,(H2,19,20,21). The van der Waals surface area contributed by atoms with Crippen molar-refractivity contribution in [2.45, 2.75) is 45.6 Å². The van der Waals surface area contributed by atoms with Gasteiger partial charge in [0.2, 0.25) is 0 Å². The maximum absolute atomic E-state index is 5.68. The first kappa shape index (κ1) is 16.7. The lowest BCUT2D eigenvalue weighted by Gasteiger charge is -2.11. The summed E-state index contributed by atoms with van der Waals surface area (Å²) in [4.78, 5) is 4.26. The molecule has 4 nitrogen and oxygen atoms in total. The molecule has 0 spiro atoms. The van der Waals surface area contributed by atoms with Gasteiger partial charge in [0.15, 0.2) is 5.96 Å². The Morgan fingerprint density at radius 1 is 1.32 bits per heavy atom. The minimum Gasteiger partial charge on any atom is -0.494 e. The van der Waals surface area contributed by atoms with Crippen molar-refractivity contribution in [2.24, 2.45) is 10.9 Å². The molecule has 0 aromatic heterocycles. The van der Waals surface area contributed by atoms with Gasteiger partial charge in [-0.05, 0) is 42.9 Å². The van der Waals surface area contributed by atoms with E-state index >= 15 is 0 Å². The molecule has 122 valence electrons. The molecule has 0 bridgehead atoms. The fourth-order valence-corrected chi connectivity index (χ4v) is 2.31. The van der Waals surface area contributed by atoms with Crippen LogP contribution >= 0.6 is 0 Å². The van der Waals surface area contributed by atoms with Gasteiger partial charge in [0.05, 0.1) is 6.61 Å². The number of aliphatic imine (C=N–C) groups is 1. The molecule has 2 N–H and O–H groups in total. The van der Waals surface area contributed by atoms with Crippen LogP contribution < -0.4 is 15.4 Å². The number of rotatable bonds is 8. The smallest absolute Gasteiger partial charge is 0.191 e. The highest BCUT2D eigenvalue weighted by molar-refractivity contribution is 5.80. The normalized spacial score (nSPS) is 20.6. The van der Waals surface area contributed by atoms with Crippen LogP contribution in [0.25, 0.3) is 0 Å². The van der Waals surface area contributed by atoms with Crippen LogP contribution in [0.1, 0.15) is 38.7 Å². The number of ether oxygens (including phenoxy) is 1. The van der Waals surface area contributed by atoms with Crippen LogP contribution in [-0.2, 0) is 6.42 Å². The Bertz CT molecular complexity index is 470. The van der Waals surface area contributed by atoms with Crippen LogP contribution in [0.4, 0.5) is 0 Å². The summed E-state index contributed by atoms with van der Waals surface area (Å²) in [5, 5.41) is 6.81. The lowest BCUT2D eigenvalue weighted by atomic mass is 10.1. The molecule has 0 amide bonds. The third kappa shape index (κ3) is 5.58. The number of nitrogens with one attached hydrogen (secondary N) is 2. The third-order valence-corrected chi connectivity index (χ3v) is 4.05. The molecule has 1 aliphatic carbocycles. The van der Waals surface area contributed by atoms with Gasteiger partial charge in [-0.15, -0.1) is 0 Å². The van der Waals surface area contributed by atoms with Crippen molar-refractivity contribution in [3.05, 3.63) is 29.8 Å². The molecular formula is C18H29N3O. The van der Waals surface area contributed by atoms with E-state index in [4.69, 9.17) is 4.74 Å². The second-order valence-corrected chi connectivity index (χ2v) is 6.06. The van der Waals surface area contributed by atoms with Crippen molar-refractivity contribution < 1.29 is 4.74 Å². The molecule has 0 saturated heterocycles. The predicted molar refractivity (Wildman–Crippen MR) is 92.6 cm³/mol. The number of nitrogens with zero attached hydrogens (tertiary/aromatic N) is 1. The molecule has 1 fully saturated rings. The number of hydrogen-bond acceptors (Lipinski definition) is 2. The van der Waals surface area contributed by atoms with Crippen molar-refractivity contribution in [2.75, 3.05) is 20.2 Å². The zero-order chi connectivity index (χ0) is 15.8. The van der Waals surface area contributed by atoms with E-state index in [9.17, 15) is 0 Å². The van der Waals surface area contributed by atoms with Crippen LogP contribution in [0, 0.1) is 5.92 Å². The van der Waals surface area contributed by atoms with Crippen molar-refractivity contribution in [1.82, 2.24) is 10.6 Å². The van der Waals surface area contributed by atoms with Gasteiger partial charge in [0.1, 0.15) is 5.75 Å². The monoisotopic (exact) mass is 303 g/mol. The van der Waals surface area contributed by atoms with E-state index in [-0.39, 0.29) is 0 Å². The van der Waals surface area contributed by atoms with E-state index < -0.39 is 0 Å². The number of guanidine groups is 1. The SMILES string of the molecule is CCCCOc1ccc(CCNC(=NC)NC2CC2C)cc1. The van der Waals surface area contributed by atoms with Gasteiger partial charge >= 0.3 is 0 Å². The van der Waals surface area contributed by atoms with Crippen LogP contribution in [0.2, 0.25) is 0 Å². The molecular weight excluding hydrogens is 274 g/mol. The second kappa shape index (κ2) is 8.66. The molecule has 0 heterocycles. The van der Waals surface area contributed by atoms with Crippen LogP contribution in [0.15, 0.2) is 29.3 Å². The molecule has 4 heteroatoms. The molecule has 0 aliphatic heterocycles. The molecule has 1 aromatic carbocycles. The van der Waals surface area contributed by atoms with E-state index in [0.29, 0.717) is 6.04 Å². The Labute approximate surface area is 134 Å². The molecule has 1 saturated carbocycles. The van der Waals surface area contributed by atoms with Gasteiger partial charge in [-0.25, -0.2) is 0 Å². The van der Waals surface area contributed by atoms with E-state index in [1.807, 2.05) is 7.05 Å². The van der Waals surface area contributed by atoms with Crippen LogP contribution in [0.3, 0.4) is 0 Å². The third-order valence-electron chi connectivity index (χ3n) is 4.05. The van der Waals surface area contributed by atoms with Crippen molar-refractivity contribution in [3.8, 4) is 5.75 Å². The fraction of sp³-hybridized carbons (Fsp3) is 0.611. The zero-order valence-corrected chi connectivity index (χ0v) is 14.1. The molecule has 22 heavy (non-hydrogen) atoms. The Hall–Kier alpha value is -1.71. The Balaban J connectivity index is 1.67. The lowest BCUT2D eigenvalue weighted by molar-refractivity contribution is 0.309. The van der Waals surface area contributed by atoms with Crippen molar-refractivity contribution >= 4 is 5.96 Å². The van der Waals surface area contributed by atoms with Crippen molar-refractivity contribution in [1.29, 1.82) is 0 Å². The minimum absolute atomic E-state index is 0.603. The summed E-state index contributed by atoms with van der Waals surface area (Å²) < 4.78 is 5.68. The van der Waals surface area contributed by atoms with Gasteiger partial charge < -0.3 is 15.4 Å². The first-order chi connectivity index (χ1) is 10.7. The highest BCUT2D eigenvalue weighted by atomic mass is 16.5. The quantitative estimate of drug-likeness (QED) is 0.441. The number of hydrogen-bond donors (Lipinski definition) is 2. The van der Waals surface area contributed by atoms with Gasteiger partial charge in [0, 0.05) is 19.6 Å². The van der Waals surface area contributed by atoms with Gasteiger partial charge in [-0.1, -0.05) is 32.4 Å². The summed E-state index contributed by atoms with van der Waals surface area (Å²) in [7, 11) is 1.82. The zero-order valence-electron chi connectivity index (χ0n) is 14.1. The fourth-order valence-electron chi connectivity index (χ4n) is 2.31. The summed E-state index contributed by atoms with van der Waals surface area (Å²) in [6.45, 7) is 6.12. The summed E-state index contributed by atoms with van der Waals surface area (Å²) in [5.74, 6) is 2.65. The molecule has 1 aromatic rings. The molecule has 2 atom stereocenters. The first-order valence-corrected chi connectivity index (χ1v) is 8.42. The second-order valence-electron chi connectivity index (χ2n) is 6.06. The summed E-state index contributed by atoms with van der Waals surface area (Å²) >= 11 is 0. The largest absolute Gasteiger partial charge is 0.494 e. The van der Waals surface area contributed by atoms with E-state index in [1.165, 1.54) is 18.4 Å². The Morgan fingerprint density at radius 2 is 2.05 bits per heavy atom. The molecule has 1 aliphatic rings. The maximum atomic E-state index is 5.68. The molecule has 2 unspecified atom stereocenters. The van der Waals surface area contributed by atoms with Crippen molar-refractivity contribution in [3.63, 3.8) is 0 Å². The predicted octanol–water partition coefficient (Wildman–Crippen LogP) is 2.98. The lowest BCUT2D eigenvalue weighted by Crippen LogP contribution is -2.39. The van der Waals surface area contributed by atoms with Gasteiger partial charge in [0.25, 0.3) is 0 Å². The number of benzene rings is 1. The van der Waals surface area contributed by atoms with Gasteiger partial charge in [-0.2, -0.15) is 0 Å². The van der Waals surface area contributed by atoms with Crippen LogP contribution in [-0.4, -0.2) is 32.2 Å². The molecule has 2 rings (SSSR count). The molecule has 0 radical (unpaired) electrons. The van der Waals surface area contributed by atoms with E-state index in [1.54, 1.807) is 0 Å². The minimum atomic E-state index is 0.603. The van der Waals surface area contributed by atoms with E-state index in [2.05, 4.69) is 53.7 Å². The average molecular weight is 303 g/mol. The topological polar surface area (TPSA) is 45.6 Å². The summed E-state index contributed by atoms with van der Waals surface area (Å²) in [6, 6.07) is 9.00. The Kier molecular flexibility index (Phi) is 6.56. The summed E-state index contributed by atoms with van der Waals surface area (Å²) in [5.41, 5.74) is 1.31.